The second-order valence-corrected chi connectivity index (χ2v) is 8.18. The zero-order chi connectivity index (χ0) is 17.0. The number of sulfonamides is 1. The van der Waals surface area contributed by atoms with Crippen LogP contribution in [0.3, 0.4) is 0 Å². The lowest BCUT2D eigenvalue weighted by atomic mass is 10.1. The van der Waals surface area contributed by atoms with E-state index in [0.717, 1.165) is 0 Å². The first-order valence-electron chi connectivity index (χ1n) is 7.21. The zero-order valence-corrected chi connectivity index (χ0v) is 14.1. The van der Waals surface area contributed by atoms with E-state index in [1.54, 1.807) is 25.7 Å². The molecule has 22 heavy (non-hydrogen) atoms. The van der Waals surface area contributed by atoms with E-state index < -0.39 is 21.7 Å². The Morgan fingerprint density at radius 3 is 2.64 bits per heavy atom. The number of nitrogens with zero attached hydrogens (tertiary/aromatic N) is 1. The van der Waals surface area contributed by atoms with E-state index in [0.29, 0.717) is 26.1 Å². The lowest BCUT2D eigenvalue weighted by Crippen LogP contribution is -2.35. The summed E-state index contributed by atoms with van der Waals surface area (Å²) in [6.07, 6.45) is 0.288. The van der Waals surface area contributed by atoms with Crippen molar-refractivity contribution in [2.75, 3.05) is 25.4 Å². The number of nitrogens with one attached hydrogen (secondary N) is 1. The maximum atomic E-state index is 11.8. The van der Waals surface area contributed by atoms with Crippen LogP contribution in [0.15, 0.2) is 0 Å². The van der Waals surface area contributed by atoms with Crippen molar-refractivity contribution in [3.05, 3.63) is 0 Å². The van der Waals surface area contributed by atoms with Crippen LogP contribution in [-0.2, 0) is 19.6 Å². The SMILES string of the molecule is CC(C)(C)OC(=O)NCCCN1CC(CS(N)(=O)=O)CC1=O. The molecule has 0 aromatic heterocycles. The molecule has 0 aromatic rings. The Morgan fingerprint density at radius 2 is 2.09 bits per heavy atom. The van der Waals surface area contributed by atoms with Gasteiger partial charge in [0.1, 0.15) is 5.60 Å². The van der Waals surface area contributed by atoms with Crippen molar-refractivity contribution >= 4 is 22.0 Å². The number of alkyl carbamates (subject to hydrolysis) is 1. The molecule has 2 amide bonds. The largest absolute Gasteiger partial charge is 0.444 e. The van der Waals surface area contributed by atoms with Crippen LogP contribution in [0.2, 0.25) is 0 Å². The van der Waals surface area contributed by atoms with Crippen LogP contribution in [0.4, 0.5) is 4.79 Å². The Kier molecular flexibility index (Phi) is 6.18. The van der Waals surface area contributed by atoms with Crippen molar-refractivity contribution in [1.29, 1.82) is 0 Å². The van der Waals surface area contributed by atoms with Crippen molar-refractivity contribution in [3.63, 3.8) is 0 Å². The molecular formula is C13H25N3O5S. The number of rotatable bonds is 6. The van der Waals surface area contributed by atoms with E-state index in [1.807, 2.05) is 0 Å². The lowest BCUT2D eigenvalue weighted by molar-refractivity contribution is -0.127. The van der Waals surface area contributed by atoms with Crippen molar-refractivity contribution in [3.8, 4) is 0 Å². The second kappa shape index (κ2) is 7.28. The average Bonchev–Trinajstić information content (AvgIpc) is 2.60. The number of carbonyl (C=O) groups excluding carboxylic acids is 2. The molecule has 0 radical (unpaired) electrons. The topological polar surface area (TPSA) is 119 Å². The van der Waals surface area contributed by atoms with Gasteiger partial charge >= 0.3 is 6.09 Å². The Bertz CT molecular complexity index is 512. The highest BCUT2D eigenvalue weighted by molar-refractivity contribution is 7.89. The van der Waals surface area contributed by atoms with Crippen LogP contribution in [-0.4, -0.2) is 56.3 Å². The summed E-state index contributed by atoms with van der Waals surface area (Å²) in [5.74, 6) is -0.502. The standard InChI is InChI=1S/C13H25N3O5S/c1-13(2,3)21-12(18)15-5-4-6-16-8-10(7-11(16)17)9-22(14,19)20/h10H,4-9H2,1-3H3,(H,15,18)(H2,14,19,20). The van der Waals surface area contributed by atoms with Crippen LogP contribution in [0.25, 0.3) is 0 Å². The third-order valence-corrected chi connectivity index (χ3v) is 3.97. The van der Waals surface area contributed by atoms with Crippen LogP contribution in [0, 0.1) is 5.92 Å². The minimum absolute atomic E-state index is 0.0779. The smallest absolute Gasteiger partial charge is 0.407 e. The first-order chi connectivity index (χ1) is 9.96. The van der Waals surface area contributed by atoms with Gasteiger partial charge in [0.2, 0.25) is 15.9 Å². The molecule has 1 aliphatic rings. The molecule has 0 aliphatic carbocycles. The monoisotopic (exact) mass is 335 g/mol. The number of amides is 2. The molecule has 0 saturated carbocycles. The van der Waals surface area contributed by atoms with Crippen LogP contribution in [0.5, 0.6) is 0 Å². The third-order valence-electron chi connectivity index (χ3n) is 3.04. The number of carbonyl (C=O) groups is 2. The van der Waals surface area contributed by atoms with E-state index in [-0.39, 0.29) is 24.0 Å². The summed E-state index contributed by atoms with van der Waals surface area (Å²) in [4.78, 5) is 24.8. The first kappa shape index (κ1) is 18.7. The third kappa shape index (κ3) is 7.60. The molecule has 9 heteroatoms. The number of primary sulfonamides is 1. The van der Waals surface area contributed by atoms with Gasteiger partial charge in [-0.25, -0.2) is 18.4 Å². The van der Waals surface area contributed by atoms with Gasteiger partial charge < -0.3 is 15.0 Å². The molecule has 8 nitrogen and oxygen atoms in total. The van der Waals surface area contributed by atoms with Gasteiger partial charge in [0.25, 0.3) is 0 Å². The van der Waals surface area contributed by atoms with Gasteiger partial charge in [0.15, 0.2) is 0 Å². The van der Waals surface area contributed by atoms with Gasteiger partial charge in [-0.3, -0.25) is 4.79 Å². The summed E-state index contributed by atoms with van der Waals surface area (Å²) in [6, 6.07) is 0. The van der Waals surface area contributed by atoms with Crippen LogP contribution < -0.4 is 10.5 Å². The molecule has 3 N–H and O–H groups in total. The fraction of sp³-hybridized carbons (Fsp3) is 0.846. The summed E-state index contributed by atoms with van der Waals surface area (Å²) < 4.78 is 27.2. The fourth-order valence-corrected chi connectivity index (χ4v) is 3.17. The predicted molar refractivity (Wildman–Crippen MR) is 81.5 cm³/mol. The summed E-state index contributed by atoms with van der Waals surface area (Å²) in [6.45, 7) is 6.58. The Hall–Kier alpha value is -1.35. The normalized spacial score (nSPS) is 19.4. The van der Waals surface area contributed by atoms with Crippen molar-refractivity contribution in [2.24, 2.45) is 11.1 Å². The molecule has 1 saturated heterocycles. The van der Waals surface area contributed by atoms with Gasteiger partial charge in [-0.1, -0.05) is 0 Å². The minimum atomic E-state index is -3.56. The van der Waals surface area contributed by atoms with E-state index >= 15 is 0 Å². The maximum absolute atomic E-state index is 11.8. The molecule has 0 spiro atoms. The number of ether oxygens (including phenoxy) is 1. The first-order valence-corrected chi connectivity index (χ1v) is 8.93. The van der Waals surface area contributed by atoms with Crippen molar-refractivity contribution < 1.29 is 22.7 Å². The minimum Gasteiger partial charge on any atom is -0.444 e. The number of hydrogen-bond donors (Lipinski definition) is 2. The summed E-state index contributed by atoms with van der Waals surface area (Å²) >= 11 is 0. The van der Waals surface area contributed by atoms with E-state index in [2.05, 4.69) is 5.32 Å². The molecule has 1 unspecified atom stereocenters. The van der Waals surface area contributed by atoms with Gasteiger partial charge in [0.05, 0.1) is 5.75 Å². The molecule has 1 aliphatic heterocycles. The fourth-order valence-electron chi connectivity index (χ4n) is 2.28. The van der Waals surface area contributed by atoms with E-state index in [1.165, 1.54) is 0 Å². The summed E-state index contributed by atoms with van der Waals surface area (Å²) in [7, 11) is -3.56. The lowest BCUT2D eigenvalue weighted by Gasteiger charge is -2.20. The highest BCUT2D eigenvalue weighted by atomic mass is 32.2. The Morgan fingerprint density at radius 1 is 1.45 bits per heavy atom. The molecule has 0 bridgehead atoms. The molecule has 128 valence electrons. The highest BCUT2D eigenvalue weighted by Crippen LogP contribution is 2.18. The molecular weight excluding hydrogens is 310 g/mol. The number of hydrogen-bond acceptors (Lipinski definition) is 5. The van der Waals surface area contributed by atoms with Crippen molar-refractivity contribution in [2.45, 2.75) is 39.2 Å². The summed E-state index contributed by atoms with van der Waals surface area (Å²) in [5, 5.41) is 7.60. The maximum Gasteiger partial charge on any atom is 0.407 e. The van der Waals surface area contributed by atoms with E-state index in [9.17, 15) is 18.0 Å². The highest BCUT2D eigenvalue weighted by Gasteiger charge is 2.31. The van der Waals surface area contributed by atoms with Gasteiger partial charge in [0, 0.05) is 32.0 Å². The molecule has 1 fully saturated rings. The Labute approximate surface area is 131 Å². The predicted octanol–water partition coefficient (Wildman–Crippen LogP) is 0.0382. The Balaban J connectivity index is 2.26. The van der Waals surface area contributed by atoms with Gasteiger partial charge in [-0.15, -0.1) is 0 Å². The van der Waals surface area contributed by atoms with E-state index in [4.69, 9.17) is 9.88 Å². The second-order valence-electron chi connectivity index (χ2n) is 6.52. The molecule has 0 aromatic carbocycles. The van der Waals surface area contributed by atoms with Crippen LogP contribution >= 0.6 is 0 Å². The quantitative estimate of drug-likeness (QED) is 0.664. The van der Waals surface area contributed by atoms with Gasteiger partial charge in [-0.05, 0) is 27.2 Å². The van der Waals surface area contributed by atoms with Crippen molar-refractivity contribution in [1.82, 2.24) is 10.2 Å². The molecule has 1 heterocycles. The molecule has 1 atom stereocenters. The summed E-state index contributed by atoms with van der Waals surface area (Å²) in [5.41, 5.74) is -0.546. The zero-order valence-electron chi connectivity index (χ0n) is 13.3. The number of likely N-dealkylation sites (tertiary alicyclic amines) is 1. The van der Waals surface area contributed by atoms with Crippen LogP contribution in [0.1, 0.15) is 33.6 Å². The molecule has 1 rings (SSSR count). The van der Waals surface area contributed by atoms with Gasteiger partial charge in [-0.2, -0.15) is 0 Å². The average molecular weight is 335 g/mol. The number of nitrogens with two attached hydrogens (primary N) is 1.